The number of hydrogen-bond donors (Lipinski definition) is 2. The summed E-state index contributed by atoms with van der Waals surface area (Å²) in [6.07, 6.45) is 9.91. The van der Waals surface area contributed by atoms with Crippen LogP contribution in [0.3, 0.4) is 0 Å². The molecule has 0 spiro atoms. The fourth-order valence-corrected chi connectivity index (χ4v) is 4.01. The van der Waals surface area contributed by atoms with E-state index in [4.69, 9.17) is 10.5 Å². The van der Waals surface area contributed by atoms with E-state index in [1.54, 1.807) is 0 Å². The molecule has 3 N–H and O–H groups in total. The van der Waals surface area contributed by atoms with E-state index in [9.17, 15) is 5.11 Å². The number of aliphatic hydroxyl groups is 1. The molecular weight excluding hydrogens is 226 g/mol. The van der Waals surface area contributed by atoms with Gasteiger partial charge in [-0.3, -0.25) is 0 Å². The number of hydrogen-bond acceptors (Lipinski definition) is 3. The molecule has 0 aromatic carbocycles. The van der Waals surface area contributed by atoms with Crippen molar-refractivity contribution in [1.29, 1.82) is 0 Å². The Bertz CT molecular complexity index is 261. The number of rotatable bonds is 4. The Morgan fingerprint density at radius 3 is 2.56 bits per heavy atom. The molecule has 0 aromatic heterocycles. The number of nitrogens with two attached hydrogens (primary N) is 1. The molecule has 1 aliphatic heterocycles. The van der Waals surface area contributed by atoms with Crippen molar-refractivity contribution < 1.29 is 9.84 Å². The highest BCUT2D eigenvalue weighted by Crippen LogP contribution is 2.49. The minimum absolute atomic E-state index is 0.0407. The van der Waals surface area contributed by atoms with E-state index in [2.05, 4.69) is 6.92 Å². The first-order valence-electron chi connectivity index (χ1n) is 7.70. The zero-order valence-electron chi connectivity index (χ0n) is 11.8. The summed E-state index contributed by atoms with van der Waals surface area (Å²) >= 11 is 0. The van der Waals surface area contributed by atoms with Gasteiger partial charge in [-0.25, -0.2) is 0 Å². The number of ether oxygens (including phenoxy) is 1. The van der Waals surface area contributed by atoms with E-state index in [1.165, 1.54) is 19.3 Å². The van der Waals surface area contributed by atoms with Crippen molar-refractivity contribution >= 4 is 0 Å². The first-order valence-corrected chi connectivity index (χ1v) is 7.70. The second-order valence-corrected chi connectivity index (χ2v) is 6.31. The third kappa shape index (κ3) is 2.59. The molecule has 3 heteroatoms. The molecule has 0 aromatic rings. The summed E-state index contributed by atoms with van der Waals surface area (Å²) in [7, 11) is 0. The molecule has 2 atom stereocenters. The van der Waals surface area contributed by atoms with Crippen LogP contribution in [0.4, 0.5) is 0 Å². The van der Waals surface area contributed by atoms with Gasteiger partial charge in [-0.1, -0.05) is 32.6 Å². The lowest BCUT2D eigenvalue weighted by atomic mass is 9.60. The zero-order chi connectivity index (χ0) is 13.1. The standard InChI is InChI=1S/C15H29NO2/c1-2-6-13-11-15(17,9-10-18-13)14(12-16)7-4-3-5-8-14/h13,17H,2-12,16H2,1H3. The van der Waals surface area contributed by atoms with Gasteiger partial charge in [0.1, 0.15) is 0 Å². The van der Waals surface area contributed by atoms with E-state index in [1.807, 2.05) is 0 Å². The first-order chi connectivity index (χ1) is 8.66. The van der Waals surface area contributed by atoms with Crippen molar-refractivity contribution in [3.63, 3.8) is 0 Å². The van der Waals surface area contributed by atoms with Gasteiger partial charge in [-0.05, 0) is 19.3 Å². The summed E-state index contributed by atoms with van der Waals surface area (Å²) < 4.78 is 5.79. The topological polar surface area (TPSA) is 55.5 Å². The minimum Gasteiger partial charge on any atom is -0.389 e. The highest BCUT2D eigenvalue weighted by Gasteiger charge is 2.51. The quantitative estimate of drug-likeness (QED) is 0.812. The largest absolute Gasteiger partial charge is 0.389 e. The molecule has 106 valence electrons. The van der Waals surface area contributed by atoms with Gasteiger partial charge in [0, 0.05) is 31.4 Å². The molecule has 2 unspecified atom stereocenters. The minimum atomic E-state index is -0.583. The highest BCUT2D eigenvalue weighted by molar-refractivity contribution is 5.03. The van der Waals surface area contributed by atoms with Crippen molar-refractivity contribution in [2.75, 3.05) is 13.2 Å². The zero-order valence-corrected chi connectivity index (χ0v) is 11.8. The third-order valence-electron chi connectivity index (χ3n) is 5.23. The van der Waals surface area contributed by atoms with Gasteiger partial charge in [-0.2, -0.15) is 0 Å². The molecule has 0 amide bonds. The molecule has 0 bridgehead atoms. The predicted octanol–water partition coefficient (Wildman–Crippen LogP) is 2.61. The van der Waals surface area contributed by atoms with Gasteiger partial charge in [0.15, 0.2) is 0 Å². The molecule has 1 aliphatic carbocycles. The van der Waals surface area contributed by atoms with Crippen LogP contribution in [-0.2, 0) is 4.74 Å². The molecule has 0 radical (unpaired) electrons. The second kappa shape index (κ2) is 5.89. The van der Waals surface area contributed by atoms with Gasteiger partial charge in [0.25, 0.3) is 0 Å². The van der Waals surface area contributed by atoms with Gasteiger partial charge in [-0.15, -0.1) is 0 Å². The molecule has 2 rings (SSSR count). The van der Waals surface area contributed by atoms with Crippen LogP contribution in [0.2, 0.25) is 0 Å². The van der Waals surface area contributed by atoms with E-state index < -0.39 is 5.60 Å². The van der Waals surface area contributed by atoms with Crippen LogP contribution in [0.15, 0.2) is 0 Å². The van der Waals surface area contributed by atoms with Gasteiger partial charge >= 0.3 is 0 Å². The van der Waals surface area contributed by atoms with E-state index in [-0.39, 0.29) is 11.5 Å². The van der Waals surface area contributed by atoms with E-state index >= 15 is 0 Å². The molecule has 1 saturated heterocycles. The average Bonchev–Trinajstić information content (AvgIpc) is 2.40. The third-order valence-corrected chi connectivity index (χ3v) is 5.23. The Labute approximate surface area is 111 Å². The summed E-state index contributed by atoms with van der Waals surface area (Å²) in [6.45, 7) is 3.50. The molecule has 2 aliphatic rings. The summed E-state index contributed by atoms with van der Waals surface area (Å²) in [4.78, 5) is 0. The Balaban J connectivity index is 2.11. The van der Waals surface area contributed by atoms with Crippen molar-refractivity contribution in [2.45, 2.75) is 76.4 Å². The van der Waals surface area contributed by atoms with Crippen LogP contribution >= 0.6 is 0 Å². The van der Waals surface area contributed by atoms with Crippen LogP contribution in [0, 0.1) is 5.41 Å². The van der Waals surface area contributed by atoms with Gasteiger partial charge in [0.2, 0.25) is 0 Å². The average molecular weight is 255 g/mol. The second-order valence-electron chi connectivity index (χ2n) is 6.31. The fourth-order valence-electron chi connectivity index (χ4n) is 4.01. The van der Waals surface area contributed by atoms with Crippen molar-refractivity contribution in [2.24, 2.45) is 11.1 Å². The van der Waals surface area contributed by atoms with Gasteiger partial charge < -0.3 is 15.6 Å². The van der Waals surface area contributed by atoms with Crippen LogP contribution in [0.1, 0.15) is 64.7 Å². The summed E-state index contributed by atoms with van der Waals surface area (Å²) in [5, 5.41) is 11.2. The Kier molecular flexibility index (Phi) is 4.68. The maximum Gasteiger partial charge on any atom is 0.0762 e. The lowest BCUT2D eigenvalue weighted by Crippen LogP contribution is -2.57. The van der Waals surface area contributed by atoms with Crippen LogP contribution < -0.4 is 5.73 Å². The molecule has 1 heterocycles. The molecule has 3 nitrogen and oxygen atoms in total. The van der Waals surface area contributed by atoms with Crippen molar-refractivity contribution in [3.8, 4) is 0 Å². The van der Waals surface area contributed by atoms with E-state index in [0.717, 1.165) is 38.5 Å². The summed E-state index contributed by atoms with van der Waals surface area (Å²) in [6, 6.07) is 0. The lowest BCUT2D eigenvalue weighted by molar-refractivity contribution is -0.176. The van der Waals surface area contributed by atoms with Crippen LogP contribution in [0.25, 0.3) is 0 Å². The van der Waals surface area contributed by atoms with Gasteiger partial charge in [0.05, 0.1) is 11.7 Å². The lowest BCUT2D eigenvalue weighted by Gasteiger charge is -2.52. The maximum atomic E-state index is 11.2. The first kappa shape index (κ1) is 14.3. The van der Waals surface area contributed by atoms with Crippen LogP contribution in [0.5, 0.6) is 0 Å². The van der Waals surface area contributed by atoms with Crippen molar-refractivity contribution in [1.82, 2.24) is 0 Å². The Hall–Kier alpha value is -0.120. The Morgan fingerprint density at radius 2 is 1.94 bits per heavy atom. The molecule has 1 saturated carbocycles. The summed E-state index contributed by atoms with van der Waals surface area (Å²) in [5.74, 6) is 0. The van der Waals surface area contributed by atoms with Crippen molar-refractivity contribution in [3.05, 3.63) is 0 Å². The van der Waals surface area contributed by atoms with E-state index in [0.29, 0.717) is 13.2 Å². The molecular formula is C15H29NO2. The summed E-state index contributed by atoms with van der Waals surface area (Å²) in [5.41, 5.74) is 5.45. The SMILES string of the molecule is CCCC1CC(O)(C2(CN)CCCCC2)CCO1. The normalized spacial score (nSPS) is 36.5. The van der Waals surface area contributed by atoms with Crippen LogP contribution in [-0.4, -0.2) is 30.0 Å². The maximum absolute atomic E-state index is 11.2. The monoisotopic (exact) mass is 255 g/mol. The predicted molar refractivity (Wildman–Crippen MR) is 73.4 cm³/mol. The molecule has 2 fully saturated rings. The fraction of sp³-hybridized carbons (Fsp3) is 1.00. The smallest absolute Gasteiger partial charge is 0.0762 e. The Morgan fingerprint density at radius 1 is 1.22 bits per heavy atom. The molecule has 18 heavy (non-hydrogen) atoms. The highest BCUT2D eigenvalue weighted by atomic mass is 16.5.